The minimum Gasteiger partial charge on any atom is -0.464 e. The number of esters is 1. The van der Waals surface area contributed by atoms with Crippen molar-refractivity contribution in [1.29, 1.82) is 0 Å². The number of nitrogens with zero attached hydrogens (tertiary/aromatic N) is 5. The molecule has 0 saturated heterocycles. The number of anilines is 1. The lowest BCUT2D eigenvalue weighted by molar-refractivity contribution is -0.461. The summed E-state index contributed by atoms with van der Waals surface area (Å²) in [5.41, 5.74) is 10.1. The Morgan fingerprint density at radius 2 is 1.41 bits per heavy atom. The van der Waals surface area contributed by atoms with Crippen LogP contribution in [0.15, 0.2) is 65.9 Å². The molecule has 63 heavy (non-hydrogen) atoms. The van der Waals surface area contributed by atoms with Crippen molar-refractivity contribution >= 4 is 23.3 Å². The van der Waals surface area contributed by atoms with Crippen LogP contribution in [-0.4, -0.2) is 96.4 Å². The van der Waals surface area contributed by atoms with E-state index in [0.29, 0.717) is 42.0 Å². The van der Waals surface area contributed by atoms with Crippen molar-refractivity contribution in [1.82, 2.24) is 4.90 Å². The largest absolute Gasteiger partial charge is 0.464 e. The predicted octanol–water partition coefficient (Wildman–Crippen LogP) is 10.4. The van der Waals surface area contributed by atoms with Crippen molar-refractivity contribution in [2.45, 2.75) is 85.8 Å². The van der Waals surface area contributed by atoms with Crippen molar-refractivity contribution in [2.24, 2.45) is 5.11 Å². The van der Waals surface area contributed by atoms with Crippen molar-refractivity contribution in [3.8, 4) is 12.3 Å². The second-order valence-corrected chi connectivity index (χ2v) is 13.6. The fraction of sp³-hybridized carbons (Fsp3) is 0.486. The maximum atomic E-state index is 14.3. The molecule has 0 N–H and O–H groups in total. The number of terminal acetylenes is 1. The van der Waals surface area contributed by atoms with E-state index in [1.165, 1.54) is 36.5 Å². The fourth-order valence-electron chi connectivity index (χ4n) is 5.82. The number of unbranched alkanes of at least 4 members (excludes halogenated alkanes) is 1. The second kappa shape index (κ2) is 18.9. The molecule has 1 aliphatic heterocycles. The van der Waals surface area contributed by atoms with Crippen LogP contribution in [0.2, 0.25) is 0 Å². The lowest BCUT2D eigenvalue weighted by Gasteiger charge is -2.42. The lowest BCUT2D eigenvalue weighted by Crippen LogP contribution is -2.74. The number of alkyl halides is 17. The molecular weight excluding hydrogens is 901 g/mol. The first-order chi connectivity index (χ1) is 28.9. The number of amides is 1. The zero-order valence-corrected chi connectivity index (χ0v) is 31.6. The SMILES string of the molecule is C#CCN(CC(=O)OCCC(F)(F)C(F)(F)C(F)(F)C(F)(F)C(F)(F)C(F)(F)C(F)(F)C(F)(F)F)C(=O)c1cccc(N2C=CC(=O)CC2c2cccc(CCCCN=[N+]=[N-])c2)c1. The molecule has 26 heteroatoms. The van der Waals surface area contributed by atoms with Gasteiger partial charge < -0.3 is 14.5 Å². The molecule has 1 amide bonds. The summed E-state index contributed by atoms with van der Waals surface area (Å²) in [5, 5.41) is 3.47. The first-order valence-corrected chi connectivity index (χ1v) is 17.6. The van der Waals surface area contributed by atoms with Crippen molar-refractivity contribution in [3.63, 3.8) is 0 Å². The first-order valence-electron chi connectivity index (χ1n) is 17.6. The molecule has 3 rings (SSSR count). The number of hydrogen-bond donors (Lipinski definition) is 0. The van der Waals surface area contributed by atoms with Gasteiger partial charge in [-0.15, -0.1) is 6.42 Å². The van der Waals surface area contributed by atoms with Crippen molar-refractivity contribution in [3.05, 3.63) is 87.9 Å². The Morgan fingerprint density at radius 3 is 2.00 bits per heavy atom. The third kappa shape index (κ3) is 10.2. The molecule has 1 aliphatic rings. The van der Waals surface area contributed by atoms with Gasteiger partial charge in [0.15, 0.2) is 5.78 Å². The number of rotatable bonds is 20. The van der Waals surface area contributed by atoms with E-state index in [2.05, 4.69) is 14.8 Å². The molecular formula is C37H30F17N5O4. The highest BCUT2D eigenvalue weighted by Crippen LogP contribution is 2.64. The van der Waals surface area contributed by atoms with Crippen LogP contribution in [0.3, 0.4) is 0 Å². The summed E-state index contributed by atoms with van der Waals surface area (Å²) in [6.07, 6.45) is -1.14. The predicted molar refractivity (Wildman–Crippen MR) is 185 cm³/mol. The molecule has 0 spiro atoms. The van der Waals surface area contributed by atoms with Crippen LogP contribution in [0.4, 0.5) is 80.3 Å². The number of allylic oxidation sites excluding steroid dienone is 1. The zero-order chi connectivity index (χ0) is 48.0. The first kappa shape index (κ1) is 51.6. The van der Waals surface area contributed by atoms with Gasteiger partial charge in [-0.3, -0.25) is 14.4 Å². The summed E-state index contributed by atoms with van der Waals surface area (Å²) in [6, 6.07) is 11.9. The van der Waals surface area contributed by atoms with Crippen LogP contribution in [-0.2, 0) is 20.7 Å². The molecule has 0 aromatic heterocycles. The van der Waals surface area contributed by atoms with E-state index in [-0.39, 0.29) is 17.8 Å². The number of hydrogen-bond acceptors (Lipinski definition) is 6. The number of ether oxygens (including phenoxy) is 1. The van der Waals surface area contributed by atoms with Gasteiger partial charge in [-0.05, 0) is 60.2 Å². The van der Waals surface area contributed by atoms with E-state index < -0.39 is 91.7 Å². The summed E-state index contributed by atoms with van der Waals surface area (Å²) >= 11 is 0. The average molecular weight is 932 g/mol. The molecule has 0 saturated carbocycles. The van der Waals surface area contributed by atoms with Crippen molar-refractivity contribution < 1.29 is 93.8 Å². The maximum absolute atomic E-state index is 14.3. The highest BCUT2D eigenvalue weighted by molar-refractivity contribution is 5.97. The van der Waals surface area contributed by atoms with E-state index >= 15 is 0 Å². The van der Waals surface area contributed by atoms with Gasteiger partial charge in [-0.1, -0.05) is 41.4 Å². The number of halogens is 17. The Balaban J connectivity index is 1.77. The smallest absolute Gasteiger partial charge is 0.460 e. The molecule has 1 unspecified atom stereocenters. The fourth-order valence-corrected chi connectivity index (χ4v) is 5.82. The zero-order valence-electron chi connectivity index (χ0n) is 31.6. The van der Waals surface area contributed by atoms with Crippen LogP contribution >= 0.6 is 0 Å². The van der Waals surface area contributed by atoms with E-state index in [0.717, 1.165) is 5.56 Å². The number of carbonyl (C=O) groups excluding carboxylic acids is 3. The average Bonchev–Trinajstić information content (AvgIpc) is 3.19. The Bertz CT molecular complexity index is 2110. The number of azide groups is 1. The topological polar surface area (TPSA) is 116 Å². The van der Waals surface area contributed by atoms with Crippen LogP contribution in [0.5, 0.6) is 0 Å². The van der Waals surface area contributed by atoms with Gasteiger partial charge in [0.1, 0.15) is 6.54 Å². The van der Waals surface area contributed by atoms with Crippen LogP contribution in [0.25, 0.3) is 10.4 Å². The van der Waals surface area contributed by atoms with Gasteiger partial charge in [-0.25, -0.2) is 0 Å². The van der Waals surface area contributed by atoms with E-state index in [1.54, 1.807) is 17.0 Å². The molecule has 0 fully saturated rings. The molecule has 2 aromatic carbocycles. The third-order valence-corrected chi connectivity index (χ3v) is 9.27. The lowest BCUT2D eigenvalue weighted by atomic mass is 9.88. The number of aryl methyl sites for hydroxylation is 1. The number of benzene rings is 2. The van der Waals surface area contributed by atoms with Gasteiger partial charge in [-0.2, -0.15) is 74.6 Å². The van der Waals surface area contributed by atoms with Gasteiger partial charge in [0.05, 0.1) is 25.6 Å². The van der Waals surface area contributed by atoms with Crippen LogP contribution in [0, 0.1) is 12.3 Å². The van der Waals surface area contributed by atoms with E-state index in [9.17, 15) is 89.0 Å². The summed E-state index contributed by atoms with van der Waals surface area (Å²) < 4.78 is 235. The molecule has 2 aromatic rings. The quantitative estimate of drug-likeness (QED) is 0.0249. The maximum Gasteiger partial charge on any atom is 0.460 e. The molecule has 1 heterocycles. The molecule has 0 radical (unpaired) electrons. The molecule has 9 nitrogen and oxygen atoms in total. The van der Waals surface area contributed by atoms with E-state index in [4.69, 9.17) is 12.0 Å². The molecule has 0 aliphatic carbocycles. The van der Waals surface area contributed by atoms with E-state index in [1.807, 2.05) is 18.1 Å². The molecule has 346 valence electrons. The standard InChI is InChI=1S/C37H30F17N5O4/c1-2-15-58(21-28(61)63-17-13-30(38,39)31(40,41)32(42,43)33(44,45)34(46,47)35(48,49)36(50,51)37(52,53)54)29(62)24-10-6-11-25(19-24)59-16-12-26(60)20-27(59)23-9-5-8-22(18-23)7-3-4-14-56-57-55/h1,5-6,8-12,16,18-19,27H,3-4,7,13-15,17,20-21H2. The number of carbonyl (C=O) groups is 3. The summed E-state index contributed by atoms with van der Waals surface area (Å²) in [5.74, 6) is -58.9. The summed E-state index contributed by atoms with van der Waals surface area (Å²) in [7, 11) is 0. The van der Waals surface area contributed by atoms with Gasteiger partial charge in [0, 0.05) is 35.3 Å². The van der Waals surface area contributed by atoms with Crippen molar-refractivity contribution in [2.75, 3.05) is 31.1 Å². The Hall–Kier alpha value is -5.73. The summed E-state index contributed by atoms with van der Waals surface area (Å²) in [6.45, 7) is -4.00. The Kier molecular flexibility index (Phi) is 15.5. The van der Waals surface area contributed by atoms with Crippen LogP contribution < -0.4 is 4.90 Å². The highest BCUT2D eigenvalue weighted by Gasteiger charge is 2.95. The normalized spacial score (nSPS) is 15.7. The molecule has 0 bridgehead atoms. The van der Waals surface area contributed by atoms with Gasteiger partial charge in [0.25, 0.3) is 5.91 Å². The molecule has 1 atom stereocenters. The number of ketones is 1. The van der Waals surface area contributed by atoms with Gasteiger partial charge >= 0.3 is 53.6 Å². The summed E-state index contributed by atoms with van der Waals surface area (Å²) in [4.78, 5) is 43.2. The minimum absolute atomic E-state index is 0.0294. The van der Waals surface area contributed by atoms with Gasteiger partial charge in [0.2, 0.25) is 0 Å². The minimum atomic E-state index is -8.78. The highest BCUT2D eigenvalue weighted by atomic mass is 19.4. The Labute approximate surface area is 344 Å². The monoisotopic (exact) mass is 931 g/mol. The Morgan fingerprint density at radius 1 is 0.825 bits per heavy atom. The second-order valence-electron chi connectivity index (χ2n) is 13.6. The van der Waals surface area contributed by atoms with Crippen LogP contribution in [0.1, 0.15) is 53.2 Å². The third-order valence-electron chi connectivity index (χ3n) is 9.27.